The Labute approximate surface area is 153 Å². The maximum Gasteiger partial charge on any atom is 0.271 e. The van der Waals surface area contributed by atoms with Gasteiger partial charge in [-0.1, -0.05) is 13.8 Å². The van der Waals surface area contributed by atoms with E-state index in [4.69, 9.17) is 4.74 Å². The number of benzene rings is 2. The van der Waals surface area contributed by atoms with E-state index >= 15 is 0 Å². The van der Waals surface area contributed by atoms with Crippen LogP contribution in [0.2, 0.25) is 0 Å². The molecular weight excluding hydrogens is 330 g/mol. The highest BCUT2D eigenvalue weighted by Crippen LogP contribution is 2.13. The largest absolute Gasteiger partial charge is 0.497 e. The first kappa shape index (κ1) is 19.2. The number of hydrogen-bond acceptors (Lipinski definition) is 4. The lowest BCUT2D eigenvalue weighted by Gasteiger charge is -2.08. The molecule has 0 aromatic heterocycles. The van der Waals surface area contributed by atoms with E-state index < -0.39 is 0 Å². The van der Waals surface area contributed by atoms with E-state index in [0.29, 0.717) is 17.0 Å². The summed E-state index contributed by atoms with van der Waals surface area (Å²) in [5.74, 6) is 0.269. The van der Waals surface area contributed by atoms with E-state index in [9.17, 15) is 9.59 Å². The van der Waals surface area contributed by atoms with Crippen LogP contribution in [0.5, 0.6) is 5.75 Å². The molecule has 0 aliphatic carbocycles. The summed E-state index contributed by atoms with van der Waals surface area (Å²) < 4.78 is 5.12. The number of ether oxygens (including phenoxy) is 1. The molecule has 0 fully saturated rings. The Bertz CT molecular complexity index is 794. The predicted octanol–water partition coefficient (Wildman–Crippen LogP) is 3.44. The van der Waals surface area contributed by atoms with Gasteiger partial charge in [-0.15, -0.1) is 0 Å². The number of rotatable bonds is 6. The van der Waals surface area contributed by atoms with Crippen LogP contribution in [-0.2, 0) is 4.79 Å². The van der Waals surface area contributed by atoms with Crippen LogP contribution in [0.25, 0.3) is 0 Å². The van der Waals surface area contributed by atoms with Crippen molar-refractivity contribution in [1.29, 1.82) is 0 Å². The summed E-state index contributed by atoms with van der Waals surface area (Å²) in [5.41, 5.74) is 5.21. The van der Waals surface area contributed by atoms with Crippen LogP contribution in [0.15, 0.2) is 53.6 Å². The molecule has 0 atom stereocenters. The van der Waals surface area contributed by atoms with Crippen molar-refractivity contribution in [2.45, 2.75) is 20.8 Å². The average Bonchev–Trinajstić information content (AvgIpc) is 2.66. The van der Waals surface area contributed by atoms with Crippen LogP contribution < -0.4 is 15.5 Å². The second-order valence-corrected chi connectivity index (χ2v) is 6.09. The number of hydrogen-bond donors (Lipinski definition) is 2. The van der Waals surface area contributed by atoms with Crippen molar-refractivity contribution >= 4 is 23.2 Å². The highest BCUT2D eigenvalue weighted by atomic mass is 16.5. The van der Waals surface area contributed by atoms with Crippen LogP contribution in [0, 0.1) is 5.92 Å². The van der Waals surface area contributed by atoms with E-state index in [1.165, 1.54) is 0 Å². The van der Waals surface area contributed by atoms with E-state index in [1.54, 1.807) is 31.4 Å². The first-order chi connectivity index (χ1) is 12.4. The summed E-state index contributed by atoms with van der Waals surface area (Å²) in [6, 6.07) is 14.1. The van der Waals surface area contributed by atoms with Crippen LogP contribution >= 0.6 is 0 Å². The molecule has 0 aliphatic rings. The number of hydrazone groups is 1. The highest BCUT2D eigenvalue weighted by Gasteiger charge is 2.09. The third-order valence-electron chi connectivity index (χ3n) is 3.77. The molecule has 2 amide bonds. The molecule has 136 valence electrons. The lowest BCUT2D eigenvalue weighted by atomic mass is 10.1. The van der Waals surface area contributed by atoms with Gasteiger partial charge in [-0.2, -0.15) is 5.10 Å². The summed E-state index contributed by atoms with van der Waals surface area (Å²) in [7, 11) is 1.61. The SMILES string of the molecule is COc1ccc(C(C)=NNC(=O)c2ccc(NC(=O)C(C)C)cc2)cc1. The zero-order chi connectivity index (χ0) is 19.1. The fourth-order valence-electron chi connectivity index (χ4n) is 2.09. The highest BCUT2D eigenvalue weighted by molar-refractivity contribution is 6.01. The van der Waals surface area contributed by atoms with Gasteiger partial charge >= 0.3 is 0 Å². The number of methoxy groups -OCH3 is 1. The molecule has 2 rings (SSSR count). The predicted molar refractivity (Wildman–Crippen MR) is 103 cm³/mol. The smallest absolute Gasteiger partial charge is 0.271 e. The normalized spacial score (nSPS) is 11.2. The van der Waals surface area contributed by atoms with E-state index in [0.717, 1.165) is 11.3 Å². The Kier molecular flexibility index (Phi) is 6.49. The Balaban J connectivity index is 1.99. The third-order valence-corrected chi connectivity index (χ3v) is 3.77. The number of amides is 2. The van der Waals surface area contributed by atoms with Gasteiger partial charge in [0, 0.05) is 17.2 Å². The van der Waals surface area contributed by atoms with Gasteiger partial charge in [-0.25, -0.2) is 5.43 Å². The monoisotopic (exact) mass is 353 g/mol. The van der Waals surface area contributed by atoms with Gasteiger partial charge in [-0.05, 0) is 61.0 Å². The molecule has 6 nitrogen and oxygen atoms in total. The van der Waals surface area contributed by atoms with Crippen molar-refractivity contribution in [2.75, 3.05) is 12.4 Å². The molecule has 0 unspecified atom stereocenters. The van der Waals surface area contributed by atoms with Crippen LogP contribution in [0.4, 0.5) is 5.69 Å². The van der Waals surface area contributed by atoms with Gasteiger partial charge < -0.3 is 10.1 Å². The van der Waals surface area contributed by atoms with Crippen molar-refractivity contribution in [3.8, 4) is 5.75 Å². The van der Waals surface area contributed by atoms with E-state index in [2.05, 4.69) is 15.8 Å². The maximum absolute atomic E-state index is 12.2. The summed E-state index contributed by atoms with van der Waals surface area (Å²) in [5, 5.41) is 6.91. The van der Waals surface area contributed by atoms with Gasteiger partial charge in [0.2, 0.25) is 5.91 Å². The minimum Gasteiger partial charge on any atom is -0.497 e. The van der Waals surface area contributed by atoms with Crippen molar-refractivity contribution in [2.24, 2.45) is 11.0 Å². The van der Waals surface area contributed by atoms with Crippen molar-refractivity contribution in [3.05, 3.63) is 59.7 Å². The van der Waals surface area contributed by atoms with Gasteiger partial charge in [0.05, 0.1) is 12.8 Å². The molecule has 0 bridgehead atoms. The molecule has 0 radical (unpaired) electrons. The quantitative estimate of drug-likeness (QED) is 0.617. The first-order valence-corrected chi connectivity index (χ1v) is 8.30. The molecule has 2 aromatic carbocycles. The van der Waals surface area contributed by atoms with Crippen molar-refractivity contribution in [1.82, 2.24) is 5.43 Å². The number of anilines is 1. The molecule has 0 heterocycles. The molecule has 2 aromatic rings. The Morgan fingerprint density at radius 3 is 2.08 bits per heavy atom. The molecular formula is C20H23N3O3. The fraction of sp³-hybridized carbons (Fsp3) is 0.250. The summed E-state index contributed by atoms with van der Waals surface area (Å²) in [6.07, 6.45) is 0. The second kappa shape index (κ2) is 8.80. The van der Waals surface area contributed by atoms with Gasteiger partial charge in [0.25, 0.3) is 5.91 Å². The molecule has 6 heteroatoms. The van der Waals surface area contributed by atoms with Crippen LogP contribution in [-0.4, -0.2) is 24.6 Å². The van der Waals surface area contributed by atoms with E-state index in [-0.39, 0.29) is 17.7 Å². The topological polar surface area (TPSA) is 79.8 Å². The third kappa shape index (κ3) is 5.17. The Hall–Kier alpha value is -3.15. The first-order valence-electron chi connectivity index (χ1n) is 8.30. The van der Waals surface area contributed by atoms with Gasteiger partial charge in [-0.3, -0.25) is 9.59 Å². The van der Waals surface area contributed by atoms with Gasteiger partial charge in [0.1, 0.15) is 5.75 Å². The molecule has 26 heavy (non-hydrogen) atoms. The number of nitrogens with zero attached hydrogens (tertiary/aromatic N) is 1. The zero-order valence-corrected chi connectivity index (χ0v) is 15.4. The molecule has 0 aliphatic heterocycles. The van der Waals surface area contributed by atoms with Crippen LogP contribution in [0.3, 0.4) is 0 Å². The minimum absolute atomic E-state index is 0.0677. The average molecular weight is 353 g/mol. The molecule has 2 N–H and O–H groups in total. The summed E-state index contributed by atoms with van der Waals surface area (Å²) in [4.78, 5) is 23.9. The standard InChI is InChI=1S/C20H23N3O3/c1-13(2)19(24)21-17-9-5-16(6-10-17)20(25)23-22-14(3)15-7-11-18(26-4)12-8-15/h5-13H,1-4H3,(H,21,24)(H,23,25). The van der Waals surface area contributed by atoms with Crippen molar-refractivity contribution in [3.63, 3.8) is 0 Å². The lowest BCUT2D eigenvalue weighted by molar-refractivity contribution is -0.118. The van der Waals surface area contributed by atoms with Gasteiger partial charge in [0.15, 0.2) is 0 Å². The summed E-state index contributed by atoms with van der Waals surface area (Å²) >= 11 is 0. The molecule has 0 saturated carbocycles. The molecule has 0 spiro atoms. The van der Waals surface area contributed by atoms with Crippen LogP contribution in [0.1, 0.15) is 36.7 Å². The summed E-state index contributed by atoms with van der Waals surface area (Å²) in [6.45, 7) is 5.45. The number of carbonyl (C=O) groups is 2. The minimum atomic E-state index is -0.320. The fourth-order valence-corrected chi connectivity index (χ4v) is 2.09. The number of nitrogens with one attached hydrogen (secondary N) is 2. The number of carbonyl (C=O) groups excluding carboxylic acids is 2. The Morgan fingerprint density at radius 2 is 1.54 bits per heavy atom. The van der Waals surface area contributed by atoms with E-state index in [1.807, 2.05) is 45.0 Å². The second-order valence-electron chi connectivity index (χ2n) is 6.09. The Morgan fingerprint density at radius 1 is 0.962 bits per heavy atom. The lowest BCUT2D eigenvalue weighted by Crippen LogP contribution is -2.20. The maximum atomic E-state index is 12.2. The van der Waals surface area contributed by atoms with Crippen molar-refractivity contribution < 1.29 is 14.3 Å². The zero-order valence-electron chi connectivity index (χ0n) is 15.4. The molecule has 0 saturated heterocycles.